The summed E-state index contributed by atoms with van der Waals surface area (Å²) < 4.78 is 0. The van der Waals surface area contributed by atoms with E-state index in [9.17, 15) is 9.59 Å². The van der Waals surface area contributed by atoms with E-state index in [1.165, 1.54) is 11.3 Å². The molecule has 0 fully saturated rings. The molecule has 7 nitrogen and oxygen atoms in total. The number of nitrogens with zero attached hydrogens (tertiary/aromatic N) is 1. The van der Waals surface area contributed by atoms with Crippen molar-refractivity contribution in [3.8, 4) is 0 Å². The molecule has 0 spiro atoms. The first-order valence-electron chi connectivity index (χ1n) is 9.40. The summed E-state index contributed by atoms with van der Waals surface area (Å²) in [5.41, 5.74) is 8.44. The topological polar surface area (TPSA) is 109 Å². The highest BCUT2D eigenvalue weighted by Gasteiger charge is 2.24. The Morgan fingerprint density at radius 3 is 2.72 bits per heavy atom. The SMILES string of the molecule is CC1=C(c2csc(NC(=O)[C@@H](CCc3ccccc3)NC(=O)CN)n2)SC(C)N1. The van der Waals surface area contributed by atoms with E-state index in [2.05, 4.69) is 27.9 Å². The first-order valence-corrected chi connectivity index (χ1v) is 11.2. The summed E-state index contributed by atoms with van der Waals surface area (Å²) in [6, 6.07) is 9.16. The number of hydrogen-bond donors (Lipinski definition) is 4. The summed E-state index contributed by atoms with van der Waals surface area (Å²) in [6.45, 7) is 3.95. The van der Waals surface area contributed by atoms with Crippen LogP contribution in [0.4, 0.5) is 5.13 Å². The van der Waals surface area contributed by atoms with Crippen LogP contribution in [0.25, 0.3) is 4.91 Å². The molecule has 3 rings (SSSR count). The number of anilines is 1. The number of carbonyl (C=O) groups is 2. The van der Waals surface area contributed by atoms with E-state index in [4.69, 9.17) is 5.73 Å². The number of carbonyl (C=O) groups excluding carboxylic acids is 2. The van der Waals surface area contributed by atoms with Crippen LogP contribution in [0.1, 0.15) is 31.5 Å². The zero-order chi connectivity index (χ0) is 20.8. The molecule has 154 valence electrons. The summed E-state index contributed by atoms with van der Waals surface area (Å²) in [5, 5.41) is 11.6. The van der Waals surface area contributed by atoms with Crippen LogP contribution in [-0.4, -0.2) is 34.8 Å². The highest BCUT2D eigenvalue weighted by atomic mass is 32.2. The second kappa shape index (κ2) is 9.91. The number of aromatic nitrogens is 1. The lowest BCUT2D eigenvalue weighted by Gasteiger charge is -2.17. The molecule has 1 aliphatic rings. The molecule has 5 N–H and O–H groups in total. The molecule has 29 heavy (non-hydrogen) atoms. The average Bonchev–Trinajstić information content (AvgIpc) is 3.30. The molecule has 0 saturated heterocycles. The Morgan fingerprint density at radius 1 is 1.31 bits per heavy atom. The molecule has 1 unspecified atom stereocenters. The molecule has 1 aliphatic heterocycles. The molecule has 2 aromatic rings. The van der Waals surface area contributed by atoms with Gasteiger partial charge in [0, 0.05) is 11.1 Å². The predicted octanol–water partition coefficient (Wildman–Crippen LogP) is 2.53. The first-order chi connectivity index (χ1) is 14.0. The maximum Gasteiger partial charge on any atom is 0.248 e. The van der Waals surface area contributed by atoms with Crippen LogP contribution in [0.3, 0.4) is 0 Å². The van der Waals surface area contributed by atoms with Gasteiger partial charge in [-0.25, -0.2) is 4.98 Å². The fourth-order valence-electron chi connectivity index (χ4n) is 3.02. The van der Waals surface area contributed by atoms with Gasteiger partial charge in [0.15, 0.2) is 5.13 Å². The first kappa shape index (κ1) is 21.4. The lowest BCUT2D eigenvalue weighted by molar-refractivity contribution is -0.125. The summed E-state index contributed by atoms with van der Waals surface area (Å²) in [7, 11) is 0. The minimum absolute atomic E-state index is 0.160. The lowest BCUT2D eigenvalue weighted by Crippen LogP contribution is -2.46. The lowest BCUT2D eigenvalue weighted by atomic mass is 10.0. The van der Waals surface area contributed by atoms with Gasteiger partial charge in [0.1, 0.15) is 6.04 Å². The van der Waals surface area contributed by atoms with Crippen LogP contribution >= 0.6 is 23.1 Å². The molecule has 9 heteroatoms. The Balaban J connectivity index is 1.66. The van der Waals surface area contributed by atoms with E-state index in [1.807, 2.05) is 42.6 Å². The predicted molar refractivity (Wildman–Crippen MR) is 119 cm³/mol. The summed E-state index contributed by atoms with van der Waals surface area (Å²) in [5.74, 6) is -0.652. The van der Waals surface area contributed by atoms with Crippen molar-refractivity contribution in [3.05, 3.63) is 52.7 Å². The van der Waals surface area contributed by atoms with Crippen LogP contribution in [0.2, 0.25) is 0 Å². The van der Waals surface area contributed by atoms with Gasteiger partial charge < -0.3 is 21.7 Å². The highest BCUT2D eigenvalue weighted by Crippen LogP contribution is 2.38. The standard InChI is InChI=1S/C20H25N5O2S2/c1-12-18(29-13(2)22-12)16-11-28-20(24-16)25-19(27)15(23-17(26)10-21)9-8-14-6-4-3-5-7-14/h3-7,11,13,15,22H,8-10,21H2,1-2H3,(H,23,26)(H,24,25,27)/t13?,15-/m1/s1. The Labute approximate surface area is 178 Å². The van der Waals surface area contributed by atoms with Crippen LogP contribution in [0.5, 0.6) is 0 Å². The number of thiazole rings is 1. The largest absolute Gasteiger partial charge is 0.376 e. The number of benzene rings is 1. The highest BCUT2D eigenvalue weighted by molar-refractivity contribution is 8.09. The number of nitrogens with two attached hydrogens (primary N) is 1. The Hall–Kier alpha value is -2.36. The monoisotopic (exact) mass is 431 g/mol. The zero-order valence-electron chi connectivity index (χ0n) is 16.4. The molecular formula is C20H25N5O2S2. The van der Waals surface area contributed by atoms with E-state index >= 15 is 0 Å². The summed E-state index contributed by atoms with van der Waals surface area (Å²) in [6.07, 6.45) is 1.14. The number of aryl methyl sites for hydroxylation is 1. The second-order valence-corrected chi connectivity index (χ2v) is 8.94. The van der Waals surface area contributed by atoms with Gasteiger partial charge in [0.05, 0.1) is 22.5 Å². The van der Waals surface area contributed by atoms with Crippen LogP contribution in [0, 0.1) is 0 Å². The van der Waals surface area contributed by atoms with E-state index in [0.717, 1.165) is 21.9 Å². The van der Waals surface area contributed by atoms with Crippen molar-refractivity contribution in [2.75, 3.05) is 11.9 Å². The van der Waals surface area contributed by atoms with Gasteiger partial charge in [-0.05, 0) is 32.3 Å². The molecule has 0 aliphatic carbocycles. The number of hydrogen-bond acceptors (Lipinski definition) is 7. The Kier molecular flexibility index (Phi) is 7.29. The van der Waals surface area contributed by atoms with Gasteiger partial charge in [-0.1, -0.05) is 42.1 Å². The van der Waals surface area contributed by atoms with Crippen molar-refractivity contribution in [1.29, 1.82) is 0 Å². The van der Waals surface area contributed by atoms with Gasteiger partial charge in [-0.3, -0.25) is 9.59 Å². The number of amides is 2. The number of allylic oxidation sites excluding steroid dienone is 1. The van der Waals surface area contributed by atoms with Crippen LogP contribution < -0.4 is 21.7 Å². The molecular weight excluding hydrogens is 406 g/mol. The second-order valence-electron chi connectivity index (χ2n) is 6.73. The van der Waals surface area contributed by atoms with Gasteiger partial charge in [-0.2, -0.15) is 0 Å². The van der Waals surface area contributed by atoms with Crippen molar-refractivity contribution in [2.24, 2.45) is 5.73 Å². The molecule has 2 amide bonds. The van der Waals surface area contributed by atoms with Crippen molar-refractivity contribution in [2.45, 2.75) is 38.1 Å². The van der Waals surface area contributed by atoms with E-state index in [0.29, 0.717) is 23.3 Å². The summed E-state index contributed by atoms with van der Waals surface area (Å²) in [4.78, 5) is 30.2. The van der Waals surface area contributed by atoms with Crippen molar-refractivity contribution in [1.82, 2.24) is 15.6 Å². The summed E-state index contributed by atoms with van der Waals surface area (Å²) >= 11 is 3.08. The molecule has 0 radical (unpaired) electrons. The number of nitrogens with one attached hydrogen (secondary N) is 3. The minimum atomic E-state index is -0.679. The van der Waals surface area contributed by atoms with Crippen LogP contribution in [-0.2, 0) is 16.0 Å². The third-order valence-electron chi connectivity index (χ3n) is 4.42. The van der Waals surface area contributed by atoms with Gasteiger partial charge in [-0.15, -0.1) is 11.3 Å². The average molecular weight is 432 g/mol. The molecule has 0 saturated carbocycles. The number of rotatable bonds is 8. The smallest absolute Gasteiger partial charge is 0.248 e. The fourth-order valence-corrected chi connectivity index (χ4v) is 4.85. The normalized spacial score (nSPS) is 17.0. The van der Waals surface area contributed by atoms with Crippen LogP contribution in [0.15, 0.2) is 41.4 Å². The molecule has 1 aromatic heterocycles. The van der Waals surface area contributed by atoms with E-state index in [-0.39, 0.29) is 18.4 Å². The van der Waals surface area contributed by atoms with E-state index in [1.54, 1.807) is 11.8 Å². The van der Waals surface area contributed by atoms with Crippen molar-refractivity contribution in [3.63, 3.8) is 0 Å². The van der Waals surface area contributed by atoms with Crippen molar-refractivity contribution < 1.29 is 9.59 Å². The maximum absolute atomic E-state index is 12.8. The molecule has 1 aromatic carbocycles. The van der Waals surface area contributed by atoms with E-state index < -0.39 is 6.04 Å². The van der Waals surface area contributed by atoms with Gasteiger partial charge in [0.25, 0.3) is 0 Å². The zero-order valence-corrected chi connectivity index (χ0v) is 18.0. The number of thioether (sulfide) groups is 1. The Morgan fingerprint density at radius 2 is 2.07 bits per heavy atom. The third kappa shape index (κ3) is 5.81. The minimum Gasteiger partial charge on any atom is -0.376 e. The molecule has 2 atom stereocenters. The van der Waals surface area contributed by atoms with Gasteiger partial charge in [0.2, 0.25) is 11.8 Å². The third-order valence-corrected chi connectivity index (χ3v) is 6.40. The quantitative estimate of drug-likeness (QED) is 0.511. The van der Waals surface area contributed by atoms with Gasteiger partial charge >= 0.3 is 0 Å². The maximum atomic E-state index is 12.8. The fraction of sp³-hybridized carbons (Fsp3) is 0.350. The molecule has 0 bridgehead atoms. The van der Waals surface area contributed by atoms with Crippen molar-refractivity contribution >= 4 is 44.9 Å². The Bertz CT molecular complexity index is 897. The molecule has 2 heterocycles.